The molecule has 0 spiro atoms. The van der Waals surface area contributed by atoms with Gasteiger partial charge in [0.05, 0.1) is 0 Å². The fraction of sp³-hybridized carbons (Fsp3) is 0.231. The second-order valence-corrected chi connectivity index (χ2v) is 6.22. The Bertz CT molecular complexity index is 616. The van der Waals surface area contributed by atoms with Crippen molar-refractivity contribution in [3.05, 3.63) is 50.4 Å². The smallest absolute Gasteiger partial charge is 0.272 e. The Balaban J connectivity index is 1.71. The van der Waals surface area contributed by atoms with Gasteiger partial charge >= 0.3 is 0 Å². The van der Waals surface area contributed by atoms with Crippen LogP contribution in [0.2, 0.25) is 9.36 Å². The molecule has 1 aromatic heterocycles. The van der Waals surface area contributed by atoms with Gasteiger partial charge < -0.3 is 5.32 Å². The van der Waals surface area contributed by atoms with E-state index in [9.17, 15) is 4.79 Å². The third kappa shape index (κ3) is 2.48. The van der Waals surface area contributed by atoms with Gasteiger partial charge in [-0.1, -0.05) is 47.5 Å². The van der Waals surface area contributed by atoms with Crippen molar-refractivity contribution in [2.24, 2.45) is 0 Å². The SMILES string of the molecule is O=C(NC1Cc2ccccc2C1)c1nsc(Cl)c1Cl. The highest BCUT2D eigenvalue weighted by Gasteiger charge is 2.25. The molecule has 2 aromatic rings. The minimum absolute atomic E-state index is 0.0986. The Kier molecular flexibility index (Phi) is 3.48. The van der Waals surface area contributed by atoms with Crippen LogP contribution in [-0.2, 0) is 12.8 Å². The van der Waals surface area contributed by atoms with Gasteiger partial charge in [0.1, 0.15) is 9.36 Å². The van der Waals surface area contributed by atoms with Crippen molar-refractivity contribution in [1.29, 1.82) is 0 Å². The summed E-state index contributed by atoms with van der Waals surface area (Å²) in [5, 5.41) is 3.19. The minimum Gasteiger partial charge on any atom is -0.347 e. The molecule has 1 aromatic carbocycles. The maximum absolute atomic E-state index is 12.1. The fourth-order valence-corrected chi connectivity index (χ4v) is 3.31. The van der Waals surface area contributed by atoms with Gasteiger partial charge in [-0.25, -0.2) is 0 Å². The van der Waals surface area contributed by atoms with Crippen molar-refractivity contribution < 1.29 is 4.79 Å². The second-order valence-electron chi connectivity index (χ2n) is 4.47. The largest absolute Gasteiger partial charge is 0.347 e. The Morgan fingerprint density at radius 3 is 2.42 bits per heavy atom. The Hall–Kier alpha value is -1.10. The van der Waals surface area contributed by atoms with Crippen LogP contribution in [-0.4, -0.2) is 16.3 Å². The monoisotopic (exact) mass is 312 g/mol. The molecule has 1 N–H and O–H groups in total. The molecule has 6 heteroatoms. The zero-order valence-corrected chi connectivity index (χ0v) is 12.1. The summed E-state index contributed by atoms with van der Waals surface area (Å²) in [6.45, 7) is 0. The van der Waals surface area contributed by atoms with Crippen LogP contribution in [0.25, 0.3) is 0 Å². The van der Waals surface area contributed by atoms with Gasteiger partial charge in [0.2, 0.25) is 0 Å². The average Bonchev–Trinajstić information content (AvgIpc) is 2.93. The summed E-state index contributed by atoms with van der Waals surface area (Å²) in [6.07, 6.45) is 1.69. The molecule has 1 aliphatic carbocycles. The molecule has 3 nitrogen and oxygen atoms in total. The molecule has 1 aliphatic rings. The molecule has 0 saturated carbocycles. The number of hydrogen-bond acceptors (Lipinski definition) is 3. The summed E-state index contributed by atoms with van der Waals surface area (Å²) >= 11 is 12.8. The van der Waals surface area contributed by atoms with E-state index < -0.39 is 0 Å². The molecule has 0 bridgehead atoms. The molecular formula is C13H10Cl2N2OS. The Labute approximate surface area is 124 Å². The quantitative estimate of drug-likeness (QED) is 0.924. The number of benzene rings is 1. The molecule has 1 amide bonds. The van der Waals surface area contributed by atoms with Crippen molar-refractivity contribution in [1.82, 2.24) is 9.69 Å². The summed E-state index contributed by atoms with van der Waals surface area (Å²) in [5.74, 6) is -0.258. The molecule has 1 heterocycles. The van der Waals surface area contributed by atoms with E-state index in [2.05, 4.69) is 21.8 Å². The van der Waals surface area contributed by atoms with Crippen molar-refractivity contribution >= 4 is 40.6 Å². The molecule has 19 heavy (non-hydrogen) atoms. The predicted octanol–water partition coefficient (Wildman–Crippen LogP) is 3.35. The van der Waals surface area contributed by atoms with Crippen molar-refractivity contribution in [2.75, 3.05) is 0 Å². The lowest BCUT2D eigenvalue weighted by Crippen LogP contribution is -2.35. The summed E-state index contributed by atoms with van der Waals surface area (Å²) in [6, 6.07) is 8.31. The number of aromatic nitrogens is 1. The highest BCUT2D eigenvalue weighted by atomic mass is 35.5. The third-order valence-corrected chi connectivity index (χ3v) is 4.81. The maximum atomic E-state index is 12.1. The first-order valence-corrected chi connectivity index (χ1v) is 7.36. The van der Waals surface area contributed by atoms with Crippen LogP contribution in [0.15, 0.2) is 24.3 Å². The lowest BCUT2D eigenvalue weighted by molar-refractivity contribution is 0.0935. The second kappa shape index (κ2) is 5.12. The van der Waals surface area contributed by atoms with E-state index >= 15 is 0 Å². The first kappa shape index (κ1) is 12.9. The van der Waals surface area contributed by atoms with Gasteiger partial charge in [-0.2, -0.15) is 4.37 Å². The average molecular weight is 313 g/mol. The van der Waals surface area contributed by atoms with Crippen molar-refractivity contribution in [3.63, 3.8) is 0 Å². The summed E-state index contributed by atoms with van der Waals surface area (Å²) in [5.41, 5.74) is 2.79. The van der Waals surface area contributed by atoms with Gasteiger partial charge in [-0.15, -0.1) is 0 Å². The van der Waals surface area contributed by atoms with E-state index in [4.69, 9.17) is 23.2 Å². The number of halogens is 2. The van der Waals surface area contributed by atoms with E-state index in [1.807, 2.05) is 12.1 Å². The maximum Gasteiger partial charge on any atom is 0.272 e. The molecule has 0 radical (unpaired) electrons. The van der Waals surface area contributed by atoms with Gasteiger partial charge in [0.15, 0.2) is 5.69 Å². The zero-order valence-electron chi connectivity index (χ0n) is 9.82. The molecule has 0 atom stereocenters. The van der Waals surface area contributed by atoms with Gasteiger partial charge in [-0.05, 0) is 35.5 Å². The number of nitrogens with zero attached hydrogens (tertiary/aromatic N) is 1. The van der Waals surface area contributed by atoms with Gasteiger partial charge in [0.25, 0.3) is 5.91 Å². The van der Waals surface area contributed by atoms with Crippen LogP contribution in [0, 0.1) is 0 Å². The number of fused-ring (bicyclic) bond motifs is 1. The number of carbonyl (C=O) groups excluding carboxylic acids is 1. The Morgan fingerprint density at radius 2 is 1.89 bits per heavy atom. The zero-order chi connectivity index (χ0) is 13.4. The molecule has 0 unspecified atom stereocenters. The van der Waals surface area contributed by atoms with E-state index in [1.54, 1.807) is 0 Å². The number of carbonyl (C=O) groups is 1. The van der Waals surface area contributed by atoms with Crippen molar-refractivity contribution in [2.45, 2.75) is 18.9 Å². The molecule has 0 saturated heterocycles. The number of amides is 1. The van der Waals surface area contributed by atoms with Crippen LogP contribution >= 0.6 is 34.7 Å². The van der Waals surface area contributed by atoms with Gasteiger partial charge in [-0.3, -0.25) is 4.79 Å². The summed E-state index contributed by atoms with van der Waals surface area (Å²) in [7, 11) is 0. The molecular weight excluding hydrogens is 303 g/mol. The topological polar surface area (TPSA) is 42.0 Å². The highest BCUT2D eigenvalue weighted by molar-refractivity contribution is 7.11. The first-order valence-electron chi connectivity index (χ1n) is 5.83. The van der Waals surface area contributed by atoms with Crippen LogP contribution in [0.1, 0.15) is 21.6 Å². The minimum atomic E-state index is -0.258. The van der Waals surface area contributed by atoms with E-state index in [0.717, 1.165) is 24.4 Å². The van der Waals surface area contributed by atoms with Crippen molar-refractivity contribution in [3.8, 4) is 0 Å². The molecule has 0 aliphatic heterocycles. The van der Waals surface area contributed by atoms with Crippen LogP contribution < -0.4 is 5.32 Å². The van der Waals surface area contributed by atoms with Gasteiger partial charge in [0, 0.05) is 6.04 Å². The molecule has 0 fully saturated rings. The van der Waals surface area contributed by atoms with Crippen LogP contribution in [0.4, 0.5) is 0 Å². The molecule has 98 valence electrons. The lowest BCUT2D eigenvalue weighted by Gasteiger charge is -2.10. The fourth-order valence-electron chi connectivity index (χ4n) is 2.31. The lowest BCUT2D eigenvalue weighted by atomic mass is 10.1. The normalized spacial score (nSPS) is 14.4. The van der Waals surface area contributed by atoms with E-state index in [-0.39, 0.29) is 22.7 Å². The summed E-state index contributed by atoms with van der Waals surface area (Å²) in [4.78, 5) is 12.1. The third-order valence-electron chi connectivity index (χ3n) is 3.20. The summed E-state index contributed by atoms with van der Waals surface area (Å²) < 4.78 is 4.32. The first-order chi connectivity index (χ1) is 9.15. The van der Waals surface area contributed by atoms with Crippen LogP contribution in [0.5, 0.6) is 0 Å². The van der Waals surface area contributed by atoms with E-state index in [0.29, 0.717) is 4.34 Å². The number of hydrogen-bond donors (Lipinski definition) is 1. The standard InChI is InChI=1S/C13H10Cl2N2OS/c14-10-11(17-19-12(10)15)13(18)16-9-5-7-3-1-2-4-8(7)6-9/h1-4,9H,5-6H2,(H,16,18). The number of nitrogens with one attached hydrogen (secondary N) is 1. The van der Waals surface area contributed by atoms with E-state index in [1.165, 1.54) is 11.1 Å². The van der Waals surface area contributed by atoms with Crippen LogP contribution in [0.3, 0.4) is 0 Å². The highest BCUT2D eigenvalue weighted by Crippen LogP contribution is 2.29. The Morgan fingerprint density at radius 1 is 1.26 bits per heavy atom. The predicted molar refractivity (Wildman–Crippen MR) is 77.2 cm³/mol. The number of rotatable bonds is 2. The molecule has 3 rings (SSSR count).